The minimum absolute atomic E-state index is 0.310. The van der Waals surface area contributed by atoms with Crippen molar-refractivity contribution in [3.8, 4) is 11.5 Å². The minimum atomic E-state index is -0.310. The number of nitrogens with zero attached hydrogens (tertiary/aromatic N) is 1. The first-order valence-electron chi connectivity index (χ1n) is 7.76. The molecule has 6 heteroatoms. The summed E-state index contributed by atoms with van der Waals surface area (Å²) in [6, 6.07) is 7.15. The van der Waals surface area contributed by atoms with Crippen molar-refractivity contribution in [2.24, 2.45) is 5.10 Å². The van der Waals surface area contributed by atoms with E-state index in [1.807, 2.05) is 19.1 Å². The lowest BCUT2D eigenvalue weighted by atomic mass is 10.2. The molecule has 2 aromatic rings. The molecular formula is C18H22N2O4. The number of carbonyl (C=O) groups is 1. The fraction of sp³-hybridized carbons (Fsp3) is 0.333. The molecule has 0 aliphatic heterocycles. The number of benzene rings is 1. The molecule has 1 N–H and O–H groups in total. The van der Waals surface area contributed by atoms with Crippen molar-refractivity contribution in [2.75, 3.05) is 13.7 Å². The second-order valence-electron chi connectivity index (χ2n) is 5.28. The number of hydrogen-bond donors (Lipinski definition) is 1. The first kappa shape index (κ1) is 17.6. The molecule has 0 fully saturated rings. The highest BCUT2D eigenvalue weighted by molar-refractivity contribution is 5.95. The second kappa shape index (κ2) is 8.19. The Bertz CT molecular complexity index is 735. The Morgan fingerprint density at radius 3 is 2.71 bits per heavy atom. The van der Waals surface area contributed by atoms with E-state index in [2.05, 4.69) is 10.5 Å². The molecule has 1 aromatic carbocycles. The van der Waals surface area contributed by atoms with Crippen LogP contribution in [-0.4, -0.2) is 25.8 Å². The van der Waals surface area contributed by atoms with E-state index in [-0.39, 0.29) is 5.91 Å². The van der Waals surface area contributed by atoms with Crippen LogP contribution in [0.1, 0.15) is 40.8 Å². The van der Waals surface area contributed by atoms with E-state index in [0.29, 0.717) is 35.2 Å². The fourth-order valence-electron chi connectivity index (χ4n) is 2.18. The van der Waals surface area contributed by atoms with Gasteiger partial charge in [-0.3, -0.25) is 4.79 Å². The summed E-state index contributed by atoms with van der Waals surface area (Å²) in [6.45, 7) is 6.20. The maximum Gasteiger partial charge on any atom is 0.274 e. The first-order valence-corrected chi connectivity index (χ1v) is 7.76. The normalized spacial score (nSPS) is 10.8. The third-order valence-corrected chi connectivity index (χ3v) is 3.31. The number of rotatable bonds is 7. The predicted molar refractivity (Wildman–Crippen MR) is 92.0 cm³/mol. The van der Waals surface area contributed by atoms with Crippen molar-refractivity contribution in [3.05, 3.63) is 46.9 Å². The summed E-state index contributed by atoms with van der Waals surface area (Å²) in [5, 5.41) is 3.97. The Hall–Kier alpha value is -2.76. The zero-order valence-corrected chi connectivity index (χ0v) is 14.4. The third kappa shape index (κ3) is 4.38. The standard InChI is InChI=1S/C18H22N2O4/c1-5-8-23-16-7-6-14(10-17(16)22-4)11-19-20-18(21)15-9-12(2)24-13(15)3/h6-7,9-11H,5,8H2,1-4H3,(H,20,21)/b19-11-. The molecule has 0 unspecified atom stereocenters. The van der Waals surface area contributed by atoms with E-state index in [0.717, 1.165) is 12.0 Å². The van der Waals surface area contributed by atoms with Gasteiger partial charge in [-0.05, 0) is 50.1 Å². The smallest absolute Gasteiger partial charge is 0.274 e. The van der Waals surface area contributed by atoms with Crippen LogP contribution in [0.15, 0.2) is 33.8 Å². The molecule has 6 nitrogen and oxygen atoms in total. The van der Waals surface area contributed by atoms with E-state index in [1.54, 1.807) is 39.3 Å². The molecule has 2 rings (SSSR count). The van der Waals surface area contributed by atoms with Gasteiger partial charge < -0.3 is 13.9 Å². The van der Waals surface area contributed by atoms with Crippen LogP contribution >= 0.6 is 0 Å². The number of ether oxygens (including phenoxy) is 2. The van der Waals surface area contributed by atoms with Gasteiger partial charge in [-0.25, -0.2) is 5.43 Å². The Labute approximate surface area is 141 Å². The van der Waals surface area contributed by atoms with Gasteiger partial charge in [0.2, 0.25) is 0 Å². The van der Waals surface area contributed by atoms with E-state index >= 15 is 0 Å². The average Bonchev–Trinajstić information content (AvgIpc) is 2.91. The highest BCUT2D eigenvalue weighted by atomic mass is 16.5. The van der Waals surface area contributed by atoms with Crippen LogP contribution in [0.25, 0.3) is 0 Å². The fourth-order valence-corrected chi connectivity index (χ4v) is 2.18. The van der Waals surface area contributed by atoms with Crippen LogP contribution < -0.4 is 14.9 Å². The van der Waals surface area contributed by atoms with Crippen LogP contribution in [-0.2, 0) is 0 Å². The Morgan fingerprint density at radius 1 is 1.29 bits per heavy atom. The number of hydrogen-bond acceptors (Lipinski definition) is 5. The van der Waals surface area contributed by atoms with Crippen LogP contribution in [0.2, 0.25) is 0 Å². The van der Waals surface area contributed by atoms with Crippen molar-refractivity contribution in [3.63, 3.8) is 0 Å². The molecule has 0 aliphatic rings. The number of nitrogens with one attached hydrogen (secondary N) is 1. The molecular weight excluding hydrogens is 308 g/mol. The molecule has 128 valence electrons. The Kier molecular flexibility index (Phi) is 6.01. The zero-order chi connectivity index (χ0) is 17.5. The quantitative estimate of drug-likeness (QED) is 0.623. The monoisotopic (exact) mass is 330 g/mol. The van der Waals surface area contributed by atoms with Crippen molar-refractivity contribution in [1.82, 2.24) is 5.43 Å². The summed E-state index contributed by atoms with van der Waals surface area (Å²) < 4.78 is 16.2. The SMILES string of the molecule is CCCOc1ccc(/C=N\NC(=O)c2cc(C)oc2C)cc1OC. The summed E-state index contributed by atoms with van der Waals surface area (Å²) >= 11 is 0. The predicted octanol–water partition coefficient (Wildman–Crippen LogP) is 3.46. The Balaban J connectivity index is 2.03. The van der Waals surface area contributed by atoms with E-state index < -0.39 is 0 Å². The molecule has 0 spiro atoms. The molecule has 0 atom stereocenters. The van der Waals surface area contributed by atoms with Gasteiger partial charge in [0.05, 0.1) is 25.5 Å². The lowest BCUT2D eigenvalue weighted by Crippen LogP contribution is -2.17. The maximum absolute atomic E-state index is 12.0. The average molecular weight is 330 g/mol. The van der Waals surface area contributed by atoms with Gasteiger partial charge in [-0.15, -0.1) is 0 Å². The maximum atomic E-state index is 12.0. The van der Waals surface area contributed by atoms with Crippen molar-refractivity contribution < 1.29 is 18.7 Å². The molecule has 0 saturated heterocycles. The van der Waals surface area contributed by atoms with Gasteiger partial charge in [0.15, 0.2) is 11.5 Å². The summed E-state index contributed by atoms with van der Waals surface area (Å²) in [5.41, 5.74) is 3.75. The lowest BCUT2D eigenvalue weighted by Gasteiger charge is -2.10. The van der Waals surface area contributed by atoms with E-state index in [9.17, 15) is 4.79 Å². The molecule has 0 radical (unpaired) electrons. The van der Waals surface area contributed by atoms with Crippen molar-refractivity contribution in [2.45, 2.75) is 27.2 Å². The first-order chi connectivity index (χ1) is 11.5. The van der Waals surface area contributed by atoms with Gasteiger partial charge in [-0.2, -0.15) is 5.10 Å². The molecule has 0 aliphatic carbocycles. The number of aryl methyl sites for hydroxylation is 2. The van der Waals surface area contributed by atoms with Crippen LogP contribution in [0, 0.1) is 13.8 Å². The molecule has 0 saturated carbocycles. The molecule has 1 aromatic heterocycles. The van der Waals surface area contributed by atoms with E-state index in [1.165, 1.54) is 0 Å². The number of methoxy groups -OCH3 is 1. The number of furan rings is 1. The highest BCUT2D eigenvalue weighted by Gasteiger charge is 2.12. The zero-order valence-electron chi connectivity index (χ0n) is 14.4. The van der Waals surface area contributed by atoms with Gasteiger partial charge in [0.25, 0.3) is 5.91 Å². The summed E-state index contributed by atoms with van der Waals surface area (Å²) in [7, 11) is 1.58. The Morgan fingerprint density at radius 2 is 2.08 bits per heavy atom. The van der Waals surface area contributed by atoms with Gasteiger partial charge in [-0.1, -0.05) is 6.92 Å². The summed E-state index contributed by atoms with van der Waals surface area (Å²) in [6.07, 6.45) is 2.47. The molecule has 1 heterocycles. The topological polar surface area (TPSA) is 73.1 Å². The summed E-state index contributed by atoms with van der Waals surface area (Å²) in [5.74, 6) is 2.26. The van der Waals surface area contributed by atoms with Gasteiger partial charge in [0, 0.05) is 0 Å². The van der Waals surface area contributed by atoms with Crippen molar-refractivity contribution >= 4 is 12.1 Å². The van der Waals surface area contributed by atoms with E-state index in [4.69, 9.17) is 13.9 Å². The number of amides is 1. The number of hydrazone groups is 1. The van der Waals surface area contributed by atoms with Crippen LogP contribution in [0.3, 0.4) is 0 Å². The third-order valence-electron chi connectivity index (χ3n) is 3.31. The van der Waals surface area contributed by atoms with Gasteiger partial charge >= 0.3 is 0 Å². The second-order valence-corrected chi connectivity index (χ2v) is 5.28. The molecule has 0 bridgehead atoms. The molecule has 24 heavy (non-hydrogen) atoms. The molecule has 1 amide bonds. The van der Waals surface area contributed by atoms with Gasteiger partial charge in [0.1, 0.15) is 11.5 Å². The highest BCUT2D eigenvalue weighted by Crippen LogP contribution is 2.27. The minimum Gasteiger partial charge on any atom is -0.493 e. The van der Waals surface area contributed by atoms with Crippen LogP contribution in [0.5, 0.6) is 11.5 Å². The largest absolute Gasteiger partial charge is 0.493 e. The van der Waals surface area contributed by atoms with Crippen molar-refractivity contribution in [1.29, 1.82) is 0 Å². The van der Waals surface area contributed by atoms with Crippen LogP contribution in [0.4, 0.5) is 0 Å². The number of carbonyl (C=O) groups excluding carboxylic acids is 1. The summed E-state index contributed by atoms with van der Waals surface area (Å²) in [4.78, 5) is 12.0. The lowest BCUT2D eigenvalue weighted by molar-refractivity contribution is 0.0953.